The maximum absolute atomic E-state index is 14.1. The highest BCUT2D eigenvalue weighted by molar-refractivity contribution is 7.19. The van der Waals surface area contributed by atoms with E-state index in [2.05, 4.69) is 70.0 Å². The quantitative estimate of drug-likeness (QED) is 0.104. The zero-order chi connectivity index (χ0) is 42.5. The van der Waals surface area contributed by atoms with Crippen molar-refractivity contribution in [1.82, 2.24) is 40.4 Å². The molecule has 1 saturated carbocycles. The van der Waals surface area contributed by atoms with E-state index in [1.54, 1.807) is 11.3 Å². The van der Waals surface area contributed by atoms with E-state index in [9.17, 15) is 19.2 Å². The Morgan fingerprint density at radius 1 is 0.833 bits per heavy atom. The first-order valence-electron chi connectivity index (χ1n) is 20.9. The van der Waals surface area contributed by atoms with Gasteiger partial charge in [-0.2, -0.15) is 0 Å². The molecule has 4 N–H and O–H groups in total. The van der Waals surface area contributed by atoms with Crippen LogP contribution in [-0.2, 0) is 24.6 Å². The molecule has 3 aliphatic rings. The van der Waals surface area contributed by atoms with Crippen molar-refractivity contribution >= 4 is 45.4 Å². The molecule has 3 aromatic heterocycles. The Balaban J connectivity index is 1.02. The number of carbonyl (C=O) groups excluding carboxylic acids is 4. The molecular formula is C45H54N8O6S. The summed E-state index contributed by atoms with van der Waals surface area (Å²) >= 11 is 1.75. The number of rotatable bonds is 11. The molecule has 2 saturated heterocycles. The van der Waals surface area contributed by atoms with Crippen LogP contribution in [0.2, 0.25) is 0 Å². The van der Waals surface area contributed by atoms with Crippen LogP contribution in [0.4, 0.5) is 9.59 Å². The Bertz CT molecular complexity index is 2420. The van der Waals surface area contributed by atoms with Crippen LogP contribution >= 0.6 is 11.3 Å². The summed E-state index contributed by atoms with van der Waals surface area (Å²) in [5.74, 6) is 1.43. The van der Waals surface area contributed by atoms with E-state index >= 15 is 0 Å². The topological polar surface area (TPSA) is 175 Å². The molecule has 5 unspecified atom stereocenters. The molecule has 60 heavy (non-hydrogen) atoms. The molecule has 2 bridgehead atoms. The smallest absolute Gasteiger partial charge is 0.407 e. The van der Waals surface area contributed by atoms with Crippen molar-refractivity contribution in [3.8, 4) is 33.6 Å². The average molecular weight is 835 g/mol. The van der Waals surface area contributed by atoms with Crippen molar-refractivity contribution in [2.75, 3.05) is 27.3 Å². The second-order valence-corrected chi connectivity index (χ2v) is 18.4. The van der Waals surface area contributed by atoms with Gasteiger partial charge < -0.3 is 39.9 Å². The van der Waals surface area contributed by atoms with Crippen LogP contribution in [0.15, 0.2) is 54.9 Å². The first kappa shape index (κ1) is 41.1. The number of nitrogens with zero attached hydrogens (tertiary/aromatic N) is 4. The van der Waals surface area contributed by atoms with Crippen LogP contribution in [-0.4, -0.2) is 93.1 Å². The number of benzene rings is 2. The van der Waals surface area contributed by atoms with Gasteiger partial charge in [0.15, 0.2) is 0 Å². The molecule has 3 fully saturated rings. The number of aryl methyl sites for hydroxylation is 1. The predicted octanol–water partition coefficient (Wildman–Crippen LogP) is 7.92. The number of likely N-dealkylation sites (tertiary alicyclic amines) is 2. The van der Waals surface area contributed by atoms with Gasteiger partial charge in [0.2, 0.25) is 11.8 Å². The number of amides is 4. The summed E-state index contributed by atoms with van der Waals surface area (Å²) in [6.07, 6.45) is 6.78. The molecule has 2 aromatic carbocycles. The van der Waals surface area contributed by atoms with Gasteiger partial charge in [0.1, 0.15) is 29.3 Å². The third-order valence-corrected chi connectivity index (χ3v) is 13.8. The number of aromatic amines is 2. The lowest BCUT2D eigenvalue weighted by atomic mass is 9.93. The zero-order valence-electron chi connectivity index (χ0n) is 35.3. The maximum atomic E-state index is 14.1. The third kappa shape index (κ3) is 7.41. The number of thiophene rings is 1. The van der Waals surface area contributed by atoms with Crippen molar-refractivity contribution in [2.24, 2.45) is 17.8 Å². The minimum atomic E-state index is -0.697. The summed E-state index contributed by atoms with van der Waals surface area (Å²) in [5.41, 5.74) is 5.45. The van der Waals surface area contributed by atoms with Gasteiger partial charge in [0.05, 0.1) is 44.0 Å². The molecule has 1 aliphatic carbocycles. The molecule has 2 aliphatic heterocycles. The standard InChI is InChI=1S/C45H54N8O6S/c1-24(2)36(50-43(56)58-6)40(54)52-18-8-9-35(52)39-46-21-33(48-39)29-12-10-28(11-13-29)30-14-15-31(38-32(30)19-26(5)60-38)34-22-47-42(49-34)45-17-16-27(20-45)23-53(45)41(55)37(25(3)4)51-44(57)59-7/h10-15,19,21-22,24-25,27,35-37H,8-9,16-18,20,23H2,1-7H3,(H,46,48)(H,47,49)(H,50,56)(H,51,57). The lowest BCUT2D eigenvalue weighted by Gasteiger charge is -2.40. The van der Waals surface area contributed by atoms with Gasteiger partial charge in [-0.15, -0.1) is 11.3 Å². The molecule has 0 radical (unpaired) electrons. The fourth-order valence-corrected chi connectivity index (χ4v) is 10.6. The number of carbonyl (C=O) groups is 4. The zero-order valence-corrected chi connectivity index (χ0v) is 36.1. The summed E-state index contributed by atoms with van der Waals surface area (Å²) < 4.78 is 10.8. The van der Waals surface area contributed by atoms with Gasteiger partial charge in [-0.3, -0.25) is 9.59 Å². The van der Waals surface area contributed by atoms with Crippen molar-refractivity contribution in [1.29, 1.82) is 0 Å². The van der Waals surface area contributed by atoms with E-state index in [1.165, 1.54) is 19.1 Å². The van der Waals surface area contributed by atoms with Crippen molar-refractivity contribution in [3.05, 3.63) is 71.4 Å². The van der Waals surface area contributed by atoms with Crippen LogP contribution in [0.5, 0.6) is 0 Å². The number of fused-ring (bicyclic) bond motifs is 3. The van der Waals surface area contributed by atoms with Crippen LogP contribution < -0.4 is 10.6 Å². The predicted molar refractivity (Wildman–Crippen MR) is 230 cm³/mol. The van der Waals surface area contributed by atoms with Gasteiger partial charge >= 0.3 is 12.2 Å². The van der Waals surface area contributed by atoms with Crippen molar-refractivity contribution < 1.29 is 28.7 Å². The molecule has 0 spiro atoms. The average Bonchev–Trinajstić information content (AvgIpc) is 4.10. The van der Waals surface area contributed by atoms with Crippen LogP contribution in [0.25, 0.3) is 43.7 Å². The molecule has 5 heterocycles. The summed E-state index contributed by atoms with van der Waals surface area (Å²) in [5, 5.41) is 6.63. The minimum absolute atomic E-state index is 0.103. The summed E-state index contributed by atoms with van der Waals surface area (Å²) in [7, 11) is 2.60. The second kappa shape index (κ2) is 16.4. The van der Waals surface area contributed by atoms with Gasteiger partial charge in [-0.25, -0.2) is 19.6 Å². The van der Waals surface area contributed by atoms with Crippen LogP contribution in [0.3, 0.4) is 0 Å². The highest BCUT2D eigenvalue weighted by Crippen LogP contribution is 2.53. The first-order valence-corrected chi connectivity index (χ1v) is 21.7. The Morgan fingerprint density at radius 2 is 1.48 bits per heavy atom. The molecule has 14 nitrogen and oxygen atoms in total. The van der Waals surface area contributed by atoms with Crippen molar-refractivity contribution in [2.45, 2.75) is 90.4 Å². The van der Waals surface area contributed by atoms with Gasteiger partial charge in [0, 0.05) is 33.6 Å². The Labute approximate surface area is 353 Å². The second-order valence-electron chi connectivity index (χ2n) is 17.2. The summed E-state index contributed by atoms with van der Waals surface area (Å²) in [6.45, 7) is 11.0. The molecule has 4 amide bonds. The normalized spacial score (nSPS) is 20.9. The van der Waals surface area contributed by atoms with E-state index in [1.807, 2.05) is 49.9 Å². The summed E-state index contributed by atoms with van der Waals surface area (Å²) in [6, 6.07) is 13.4. The van der Waals surface area contributed by atoms with E-state index < -0.39 is 29.8 Å². The highest BCUT2D eigenvalue weighted by Gasteiger charge is 2.56. The number of hydrogen-bond donors (Lipinski definition) is 4. The van der Waals surface area contributed by atoms with Gasteiger partial charge in [0.25, 0.3) is 0 Å². The number of methoxy groups -OCH3 is 2. The number of alkyl carbamates (subject to hydrolysis) is 2. The fourth-order valence-electron chi connectivity index (χ4n) is 9.55. The molecule has 5 atom stereocenters. The van der Waals surface area contributed by atoms with Crippen LogP contribution in [0, 0.1) is 24.7 Å². The monoisotopic (exact) mass is 834 g/mol. The number of ether oxygens (including phenoxy) is 2. The van der Waals surface area contributed by atoms with Crippen LogP contribution in [0.1, 0.15) is 82.4 Å². The highest BCUT2D eigenvalue weighted by atomic mass is 32.1. The molecule has 5 aromatic rings. The maximum Gasteiger partial charge on any atom is 0.407 e. The first-order chi connectivity index (χ1) is 28.8. The van der Waals surface area contributed by atoms with E-state index in [-0.39, 0.29) is 29.7 Å². The molecular weight excluding hydrogens is 781 g/mol. The fraction of sp³-hybridized carbons (Fsp3) is 0.467. The van der Waals surface area contributed by atoms with Gasteiger partial charge in [-0.05, 0) is 79.5 Å². The van der Waals surface area contributed by atoms with E-state index in [0.29, 0.717) is 19.0 Å². The van der Waals surface area contributed by atoms with Crippen molar-refractivity contribution in [3.63, 3.8) is 0 Å². The Hall–Kier alpha value is -5.70. The number of imidazole rings is 2. The molecule has 8 rings (SSSR count). The number of nitrogens with one attached hydrogen (secondary N) is 4. The van der Waals surface area contributed by atoms with E-state index in [4.69, 9.17) is 19.4 Å². The lowest BCUT2D eigenvalue weighted by molar-refractivity contribution is -0.140. The molecule has 15 heteroatoms. The Kier molecular flexibility index (Phi) is 11.2. The number of piperidine rings is 1. The molecule has 316 valence electrons. The third-order valence-electron chi connectivity index (χ3n) is 12.7. The Morgan fingerprint density at radius 3 is 2.15 bits per heavy atom. The van der Waals surface area contributed by atoms with E-state index in [0.717, 1.165) is 87.5 Å². The summed E-state index contributed by atoms with van der Waals surface area (Å²) in [4.78, 5) is 73.7. The minimum Gasteiger partial charge on any atom is -0.453 e. The number of hydrogen-bond acceptors (Lipinski definition) is 9. The largest absolute Gasteiger partial charge is 0.453 e. The lowest BCUT2D eigenvalue weighted by Crippen LogP contribution is -2.56. The number of H-pyrrole nitrogens is 2. The SMILES string of the molecule is COC(=O)NC(C(=O)N1CCCC1c1ncc(-c2ccc(-c3ccc(-c4cnc(C56CCC(CN5C(=O)C(NC(=O)OC)C(C)C)C6)[nH]4)c4sc(C)cc34)cc2)[nH]1)C(C)C. The van der Waals surface area contributed by atoms with Gasteiger partial charge in [-0.1, -0.05) is 64.1 Å². The number of aromatic nitrogens is 4.